The third-order valence-electron chi connectivity index (χ3n) is 2.72. The number of hydrogen-bond acceptors (Lipinski definition) is 1. The molecule has 0 aliphatic heterocycles. The van der Waals surface area contributed by atoms with Crippen LogP contribution in [0.3, 0.4) is 0 Å². The molecular formula is C13H8BrClN2O. The molecule has 1 N–H and O–H groups in total. The summed E-state index contributed by atoms with van der Waals surface area (Å²) in [7, 11) is 0. The number of aromatic nitrogens is 2. The van der Waals surface area contributed by atoms with Crippen LogP contribution in [-0.4, -0.2) is 9.78 Å². The highest BCUT2D eigenvalue weighted by Gasteiger charge is 2.08. The van der Waals surface area contributed by atoms with E-state index in [0.29, 0.717) is 10.4 Å². The third-order valence-corrected chi connectivity index (χ3v) is 3.45. The first-order valence-corrected chi connectivity index (χ1v) is 6.48. The molecule has 0 saturated carbocycles. The van der Waals surface area contributed by atoms with Crippen LogP contribution in [0.5, 0.6) is 0 Å². The summed E-state index contributed by atoms with van der Waals surface area (Å²) in [5.74, 6) is 0. The van der Waals surface area contributed by atoms with E-state index >= 15 is 0 Å². The number of benzene rings is 2. The quantitative estimate of drug-likeness (QED) is 0.728. The zero-order valence-electron chi connectivity index (χ0n) is 9.15. The lowest BCUT2D eigenvalue weighted by Crippen LogP contribution is -2.03. The van der Waals surface area contributed by atoms with Gasteiger partial charge in [-0.05, 0) is 36.4 Å². The van der Waals surface area contributed by atoms with Crippen LogP contribution < -0.4 is 5.56 Å². The van der Waals surface area contributed by atoms with E-state index < -0.39 is 0 Å². The lowest BCUT2D eigenvalue weighted by atomic mass is 10.2. The van der Waals surface area contributed by atoms with Crippen LogP contribution in [0.1, 0.15) is 0 Å². The predicted octanol–water partition coefficient (Wildman–Crippen LogP) is 3.73. The maximum atomic E-state index is 11.9. The molecule has 90 valence electrons. The lowest BCUT2D eigenvalue weighted by molar-refractivity contribution is 0.891. The summed E-state index contributed by atoms with van der Waals surface area (Å²) in [4.78, 5) is 11.9. The first kappa shape index (κ1) is 11.6. The Morgan fingerprint density at radius 1 is 1.17 bits per heavy atom. The Kier molecular flexibility index (Phi) is 2.76. The minimum Gasteiger partial charge on any atom is -0.267 e. The van der Waals surface area contributed by atoms with Crippen molar-refractivity contribution in [3.05, 3.63) is 62.3 Å². The van der Waals surface area contributed by atoms with E-state index in [9.17, 15) is 4.79 Å². The van der Waals surface area contributed by atoms with Gasteiger partial charge < -0.3 is 0 Å². The third kappa shape index (κ3) is 1.87. The molecule has 2 aromatic carbocycles. The molecule has 1 aromatic heterocycles. The smallest absolute Gasteiger partial charge is 0.267 e. The molecule has 0 saturated heterocycles. The Bertz CT molecular complexity index is 791. The fourth-order valence-corrected chi connectivity index (χ4v) is 2.47. The molecule has 3 aromatic rings. The van der Waals surface area contributed by atoms with E-state index in [4.69, 9.17) is 11.6 Å². The van der Waals surface area contributed by atoms with E-state index in [-0.39, 0.29) is 5.56 Å². The molecule has 0 bridgehead atoms. The van der Waals surface area contributed by atoms with Crippen molar-refractivity contribution in [2.45, 2.75) is 0 Å². The van der Waals surface area contributed by atoms with Crippen molar-refractivity contribution in [2.24, 2.45) is 0 Å². The molecule has 0 radical (unpaired) electrons. The summed E-state index contributed by atoms with van der Waals surface area (Å²) in [6, 6.07) is 12.9. The van der Waals surface area contributed by atoms with Gasteiger partial charge in [-0.15, -0.1) is 0 Å². The Morgan fingerprint density at radius 3 is 2.78 bits per heavy atom. The highest BCUT2D eigenvalue weighted by Crippen LogP contribution is 2.21. The molecule has 18 heavy (non-hydrogen) atoms. The Labute approximate surface area is 116 Å². The number of nitrogens with zero attached hydrogens (tertiary/aromatic N) is 1. The van der Waals surface area contributed by atoms with Crippen LogP contribution in [0.15, 0.2) is 51.7 Å². The Hall–Kier alpha value is -1.52. The highest BCUT2D eigenvalue weighted by atomic mass is 79.9. The van der Waals surface area contributed by atoms with Crippen LogP contribution in [0.2, 0.25) is 5.02 Å². The molecule has 0 aliphatic carbocycles. The SMILES string of the molecule is O=c1[nH]n(-c2cccc(Cl)c2)c2ccc(Br)cc12. The van der Waals surface area contributed by atoms with Crippen LogP contribution in [0.25, 0.3) is 16.6 Å². The van der Waals surface area contributed by atoms with E-state index in [1.807, 2.05) is 24.3 Å². The molecule has 0 fully saturated rings. The summed E-state index contributed by atoms with van der Waals surface area (Å²) in [5, 5.41) is 4.08. The standard InChI is InChI=1S/C13H8BrClN2O/c14-8-4-5-12-11(6-8)13(18)16-17(12)10-3-1-2-9(15)7-10/h1-7H,(H,16,18). The Morgan fingerprint density at radius 2 is 2.00 bits per heavy atom. The molecule has 0 aliphatic rings. The summed E-state index contributed by atoms with van der Waals surface area (Å²) < 4.78 is 2.61. The lowest BCUT2D eigenvalue weighted by Gasteiger charge is -2.04. The number of aromatic amines is 1. The van der Waals surface area contributed by atoms with Crippen molar-refractivity contribution in [1.29, 1.82) is 0 Å². The van der Waals surface area contributed by atoms with E-state index in [1.165, 1.54) is 0 Å². The van der Waals surface area contributed by atoms with Gasteiger partial charge in [0.2, 0.25) is 0 Å². The van der Waals surface area contributed by atoms with Gasteiger partial charge in [0, 0.05) is 9.50 Å². The van der Waals surface area contributed by atoms with Gasteiger partial charge in [0.05, 0.1) is 16.6 Å². The molecule has 3 rings (SSSR count). The van der Waals surface area contributed by atoms with Crippen LogP contribution in [0.4, 0.5) is 0 Å². The van der Waals surface area contributed by atoms with Crippen LogP contribution in [0, 0.1) is 0 Å². The maximum Gasteiger partial charge on any atom is 0.272 e. The zero-order chi connectivity index (χ0) is 12.7. The van der Waals surface area contributed by atoms with Crippen molar-refractivity contribution < 1.29 is 0 Å². The van der Waals surface area contributed by atoms with Crippen molar-refractivity contribution >= 4 is 38.4 Å². The summed E-state index contributed by atoms with van der Waals surface area (Å²) in [5.41, 5.74) is 1.54. The van der Waals surface area contributed by atoms with Gasteiger partial charge in [-0.1, -0.05) is 33.6 Å². The minimum absolute atomic E-state index is 0.119. The van der Waals surface area contributed by atoms with Gasteiger partial charge >= 0.3 is 0 Å². The first-order chi connectivity index (χ1) is 8.65. The molecule has 0 unspecified atom stereocenters. The summed E-state index contributed by atoms with van der Waals surface area (Å²) >= 11 is 9.33. The second-order valence-corrected chi connectivity index (χ2v) is 5.27. The minimum atomic E-state index is -0.119. The number of nitrogens with one attached hydrogen (secondary N) is 1. The number of H-pyrrole nitrogens is 1. The normalized spacial score (nSPS) is 11.0. The van der Waals surface area contributed by atoms with Crippen molar-refractivity contribution in [3.8, 4) is 5.69 Å². The first-order valence-electron chi connectivity index (χ1n) is 5.31. The fourth-order valence-electron chi connectivity index (χ4n) is 1.93. The zero-order valence-corrected chi connectivity index (χ0v) is 11.5. The maximum absolute atomic E-state index is 11.9. The second-order valence-electron chi connectivity index (χ2n) is 3.92. The van der Waals surface area contributed by atoms with Crippen molar-refractivity contribution in [2.75, 3.05) is 0 Å². The van der Waals surface area contributed by atoms with Crippen LogP contribution >= 0.6 is 27.5 Å². The molecule has 5 heteroatoms. The van der Waals surface area contributed by atoms with Gasteiger partial charge in [-0.2, -0.15) is 0 Å². The largest absolute Gasteiger partial charge is 0.272 e. The van der Waals surface area contributed by atoms with Crippen LogP contribution in [-0.2, 0) is 0 Å². The average Bonchev–Trinajstić information content (AvgIpc) is 2.67. The molecule has 0 spiro atoms. The van der Waals surface area contributed by atoms with Gasteiger partial charge in [-0.3, -0.25) is 14.6 Å². The fraction of sp³-hybridized carbons (Fsp3) is 0. The second kappa shape index (κ2) is 4.30. The monoisotopic (exact) mass is 322 g/mol. The van der Waals surface area contributed by atoms with Gasteiger partial charge in [-0.25, -0.2) is 0 Å². The Balaban J connectivity index is 2.34. The predicted molar refractivity (Wildman–Crippen MR) is 76.6 cm³/mol. The van der Waals surface area contributed by atoms with Gasteiger partial charge in [0.15, 0.2) is 0 Å². The van der Waals surface area contributed by atoms with E-state index in [0.717, 1.165) is 15.7 Å². The molecule has 1 heterocycles. The number of rotatable bonds is 1. The number of halogens is 2. The highest BCUT2D eigenvalue weighted by molar-refractivity contribution is 9.10. The number of fused-ring (bicyclic) bond motifs is 1. The van der Waals surface area contributed by atoms with E-state index in [2.05, 4.69) is 21.0 Å². The van der Waals surface area contributed by atoms with Gasteiger partial charge in [0.1, 0.15) is 0 Å². The van der Waals surface area contributed by atoms with Crippen molar-refractivity contribution in [1.82, 2.24) is 9.78 Å². The summed E-state index contributed by atoms with van der Waals surface area (Å²) in [6.45, 7) is 0. The number of hydrogen-bond donors (Lipinski definition) is 1. The van der Waals surface area contributed by atoms with Crippen molar-refractivity contribution in [3.63, 3.8) is 0 Å². The average molecular weight is 324 g/mol. The van der Waals surface area contributed by atoms with E-state index in [1.54, 1.807) is 22.9 Å². The summed E-state index contributed by atoms with van der Waals surface area (Å²) in [6.07, 6.45) is 0. The molecular weight excluding hydrogens is 316 g/mol. The molecule has 0 amide bonds. The molecule has 0 atom stereocenters. The van der Waals surface area contributed by atoms with Gasteiger partial charge in [0.25, 0.3) is 5.56 Å². The molecule has 3 nitrogen and oxygen atoms in total. The topological polar surface area (TPSA) is 37.8 Å².